The Kier molecular flexibility index (Phi) is 3.92. The summed E-state index contributed by atoms with van der Waals surface area (Å²) < 4.78 is 0. The Labute approximate surface area is 134 Å². The molecule has 0 saturated heterocycles. The van der Waals surface area contributed by atoms with Gasteiger partial charge in [0.2, 0.25) is 0 Å². The molecule has 0 saturated carbocycles. The van der Waals surface area contributed by atoms with Crippen LogP contribution in [0, 0.1) is 0 Å². The molecule has 1 N–H and O–H groups in total. The molecule has 0 unspecified atom stereocenters. The third-order valence-electron chi connectivity index (χ3n) is 4.40. The summed E-state index contributed by atoms with van der Waals surface area (Å²) in [5, 5.41) is 3.84. The number of hydrogen-bond donors (Lipinski definition) is 1. The van der Waals surface area contributed by atoms with Crippen LogP contribution >= 0.6 is 0 Å². The van der Waals surface area contributed by atoms with Crippen LogP contribution in [0.1, 0.15) is 55.0 Å². The highest BCUT2D eigenvalue weighted by Gasteiger charge is 2.35. The molecule has 0 aliphatic heterocycles. The maximum absolute atomic E-state index is 3.91. The molecule has 0 aromatic heterocycles. The summed E-state index contributed by atoms with van der Waals surface area (Å²) in [6.45, 7) is 10.6. The van der Waals surface area contributed by atoms with E-state index in [2.05, 4.69) is 81.2 Å². The number of hydrogen-bond acceptors (Lipinski definition) is 1. The van der Waals surface area contributed by atoms with Crippen molar-refractivity contribution in [2.45, 2.75) is 44.7 Å². The van der Waals surface area contributed by atoms with Gasteiger partial charge in [-0.2, -0.15) is 0 Å². The lowest BCUT2D eigenvalue weighted by Crippen LogP contribution is -2.40. The van der Waals surface area contributed by atoms with E-state index in [0.717, 1.165) is 6.42 Å². The van der Waals surface area contributed by atoms with Gasteiger partial charge in [0.1, 0.15) is 0 Å². The van der Waals surface area contributed by atoms with E-state index >= 15 is 0 Å². The van der Waals surface area contributed by atoms with E-state index in [0.29, 0.717) is 12.0 Å². The van der Waals surface area contributed by atoms with Crippen molar-refractivity contribution < 1.29 is 0 Å². The number of benzene rings is 2. The number of fused-ring (bicyclic) bond motifs is 1. The summed E-state index contributed by atoms with van der Waals surface area (Å²) in [7, 11) is 0. The van der Waals surface area contributed by atoms with Gasteiger partial charge in [-0.3, -0.25) is 0 Å². The maximum atomic E-state index is 3.91. The molecule has 2 aromatic rings. The molecule has 0 amide bonds. The molecule has 0 bridgehead atoms. The summed E-state index contributed by atoms with van der Waals surface area (Å²) in [5.41, 5.74) is 5.60. The van der Waals surface area contributed by atoms with E-state index in [1.807, 2.05) is 6.08 Å². The standard InChI is InChI=1S/C21H25N/c1-5-15-11-12-17-14-19(16-9-7-6-8-10-16)20(18(17)13-15)22-21(2,3)4/h5-13,19-20,22H,1,14H2,2-4H3/t19-,20-/m1/s1. The smallest absolute Gasteiger partial charge is 0.0399 e. The van der Waals surface area contributed by atoms with Crippen LogP contribution in [0.2, 0.25) is 0 Å². The maximum Gasteiger partial charge on any atom is 0.0399 e. The fraction of sp³-hybridized carbons (Fsp3) is 0.333. The van der Waals surface area contributed by atoms with Crippen molar-refractivity contribution in [3.05, 3.63) is 77.4 Å². The fourth-order valence-electron chi connectivity index (χ4n) is 3.44. The zero-order chi connectivity index (χ0) is 15.7. The van der Waals surface area contributed by atoms with Gasteiger partial charge in [0, 0.05) is 17.5 Å². The van der Waals surface area contributed by atoms with Gasteiger partial charge in [0.15, 0.2) is 0 Å². The molecule has 1 heteroatoms. The lowest BCUT2D eigenvalue weighted by molar-refractivity contribution is 0.340. The predicted molar refractivity (Wildman–Crippen MR) is 95.0 cm³/mol. The number of rotatable bonds is 3. The van der Waals surface area contributed by atoms with Crippen LogP contribution in [0.5, 0.6) is 0 Å². The van der Waals surface area contributed by atoms with Crippen molar-refractivity contribution in [3.63, 3.8) is 0 Å². The average molecular weight is 291 g/mol. The van der Waals surface area contributed by atoms with Crippen molar-refractivity contribution in [2.75, 3.05) is 0 Å². The Balaban J connectivity index is 2.03. The molecule has 114 valence electrons. The second kappa shape index (κ2) is 5.73. The van der Waals surface area contributed by atoms with Crippen molar-refractivity contribution in [1.29, 1.82) is 0 Å². The van der Waals surface area contributed by atoms with Gasteiger partial charge >= 0.3 is 0 Å². The largest absolute Gasteiger partial charge is 0.305 e. The summed E-state index contributed by atoms with van der Waals surface area (Å²) in [5.74, 6) is 0.496. The number of nitrogens with one attached hydrogen (secondary N) is 1. The van der Waals surface area contributed by atoms with Crippen LogP contribution in [0.3, 0.4) is 0 Å². The molecule has 0 heterocycles. The normalized spacial score (nSPS) is 20.7. The van der Waals surface area contributed by atoms with E-state index in [1.54, 1.807) is 0 Å². The van der Waals surface area contributed by atoms with E-state index < -0.39 is 0 Å². The Morgan fingerprint density at radius 1 is 1.09 bits per heavy atom. The van der Waals surface area contributed by atoms with Gasteiger partial charge in [0.05, 0.1) is 0 Å². The summed E-state index contributed by atoms with van der Waals surface area (Å²) in [6.07, 6.45) is 3.04. The molecule has 0 fully saturated rings. The Bertz CT molecular complexity index is 664. The molecule has 0 radical (unpaired) electrons. The third-order valence-corrected chi connectivity index (χ3v) is 4.40. The minimum absolute atomic E-state index is 0.0868. The molecule has 2 aromatic carbocycles. The van der Waals surface area contributed by atoms with Crippen LogP contribution in [-0.2, 0) is 6.42 Å². The van der Waals surface area contributed by atoms with E-state index in [4.69, 9.17) is 0 Å². The van der Waals surface area contributed by atoms with Crippen molar-refractivity contribution in [2.24, 2.45) is 0 Å². The SMILES string of the molecule is C=Cc1ccc2c(c1)[C@@H](NC(C)(C)C)[C@@H](c1ccccc1)C2. The van der Waals surface area contributed by atoms with Crippen LogP contribution in [0.25, 0.3) is 6.08 Å². The van der Waals surface area contributed by atoms with Gasteiger partial charge in [0.25, 0.3) is 0 Å². The first kappa shape index (κ1) is 15.1. The zero-order valence-electron chi connectivity index (χ0n) is 13.8. The quantitative estimate of drug-likeness (QED) is 0.829. The van der Waals surface area contributed by atoms with Crippen molar-refractivity contribution in [3.8, 4) is 0 Å². The van der Waals surface area contributed by atoms with E-state index in [-0.39, 0.29) is 5.54 Å². The Hall–Kier alpha value is -1.86. The van der Waals surface area contributed by atoms with Crippen molar-refractivity contribution >= 4 is 6.08 Å². The van der Waals surface area contributed by atoms with E-state index in [1.165, 1.54) is 22.3 Å². The second-order valence-electron chi connectivity index (χ2n) is 7.26. The molecule has 1 aliphatic rings. The molecule has 2 atom stereocenters. The Morgan fingerprint density at radius 3 is 2.45 bits per heavy atom. The second-order valence-corrected chi connectivity index (χ2v) is 7.26. The van der Waals surface area contributed by atoms with Gasteiger partial charge in [-0.15, -0.1) is 0 Å². The van der Waals surface area contributed by atoms with Gasteiger partial charge < -0.3 is 5.32 Å². The highest BCUT2D eigenvalue weighted by molar-refractivity contribution is 5.53. The Morgan fingerprint density at radius 2 is 1.82 bits per heavy atom. The zero-order valence-corrected chi connectivity index (χ0v) is 13.8. The van der Waals surface area contributed by atoms with Crippen LogP contribution < -0.4 is 5.32 Å². The highest BCUT2D eigenvalue weighted by Crippen LogP contribution is 2.43. The lowest BCUT2D eigenvalue weighted by Gasteiger charge is -2.31. The predicted octanol–water partition coefficient (Wildman–Crippen LogP) is 5.10. The summed E-state index contributed by atoms with van der Waals surface area (Å²) in [4.78, 5) is 0. The summed E-state index contributed by atoms with van der Waals surface area (Å²) >= 11 is 0. The highest BCUT2D eigenvalue weighted by atomic mass is 15.0. The lowest BCUT2D eigenvalue weighted by atomic mass is 9.90. The van der Waals surface area contributed by atoms with E-state index in [9.17, 15) is 0 Å². The first-order valence-corrected chi connectivity index (χ1v) is 8.06. The molecule has 22 heavy (non-hydrogen) atoms. The van der Waals surface area contributed by atoms with Crippen LogP contribution in [-0.4, -0.2) is 5.54 Å². The molecule has 0 spiro atoms. The minimum Gasteiger partial charge on any atom is -0.305 e. The molecule has 1 nitrogen and oxygen atoms in total. The molecule has 1 aliphatic carbocycles. The molecular formula is C21H25N. The minimum atomic E-state index is 0.0868. The topological polar surface area (TPSA) is 12.0 Å². The van der Waals surface area contributed by atoms with Gasteiger partial charge in [-0.05, 0) is 55.5 Å². The van der Waals surface area contributed by atoms with Crippen LogP contribution in [0.15, 0.2) is 55.1 Å². The van der Waals surface area contributed by atoms with Gasteiger partial charge in [-0.25, -0.2) is 0 Å². The monoisotopic (exact) mass is 291 g/mol. The molecular weight excluding hydrogens is 266 g/mol. The fourth-order valence-corrected chi connectivity index (χ4v) is 3.44. The van der Waals surface area contributed by atoms with Crippen LogP contribution in [0.4, 0.5) is 0 Å². The first-order chi connectivity index (χ1) is 10.5. The first-order valence-electron chi connectivity index (χ1n) is 8.06. The summed E-state index contributed by atoms with van der Waals surface area (Å²) in [6, 6.07) is 18.0. The molecule has 3 rings (SSSR count). The third kappa shape index (κ3) is 3.00. The average Bonchev–Trinajstić information content (AvgIpc) is 2.84. The van der Waals surface area contributed by atoms with Gasteiger partial charge in [-0.1, -0.05) is 55.1 Å². The van der Waals surface area contributed by atoms with Crippen molar-refractivity contribution in [1.82, 2.24) is 5.32 Å².